The third-order valence-corrected chi connectivity index (χ3v) is 6.72. The fraction of sp³-hybridized carbons (Fsp3) is 0.375. The van der Waals surface area contributed by atoms with Gasteiger partial charge in [0.1, 0.15) is 5.69 Å². The highest BCUT2D eigenvalue weighted by Gasteiger charge is 2.37. The normalized spacial score (nSPS) is 17.2. The number of carbonyl (C=O) groups excluding carboxylic acids is 2. The Morgan fingerprint density at radius 2 is 1.97 bits per heavy atom. The van der Waals surface area contributed by atoms with Gasteiger partial charge in [-0.15, -0.1) is 0 Å². The van der Waals surface area contributed by atoms with Gasteiger partial charge >= 0.3 is 0 Å². The van der Waals surface area contributed by atoms with Crippen molar-refractivity contribution < 1.29 is 18.4 Å². The van der Waals surface area contributed by atoms with Crippen LogP contribution in [-0.2, 0) is 4.79 Å². The van der Waals surface area contributed by atoms with Crippen molar-refractivity contribution >= 4 is 17.5 Å². The first-order valence-corrected chi connectivity index (χ1v) is 11.7. The summed E-state index contributed by atoms with van der Waals surface area (Å²) in [6, 6.07) is 5.19. The molecule has 188 valence electrons. The molecule has 5 heterocycles. The largest absolute Gasteiger partial charge is 0.339 e. The summed E-state index contributed by atoms with van der Waals surface area (Å²) in [4.78, 5) is 33.0. The van der Waals surface area contributed by atoms with Gasteiger partial charge in [-0.3, -0.25) is 24.3 Å². The second-order valence-electron chi connectivity index (χ2n) is 8.93. The van der Waals surface area contributed by atoms with Gasteiger partial charge in [0.2, 0.25) is 5.91 Å². The Morgan fingerprint density at radius 3 is 2.64 bits per heavy atom. The molecule has 2 fully saturated rings. The summed E-state index contributed by atoms with van der Waals surface area (Å²) in [5.41, 5.74) is 0.843. The van der Waals surface area contributed by atoms with E-state index in [1.807, 2.05) is 0 Å². The number of aromatic amines is 1. The van der Waals surface area contributed by atoms with Crippen LogP contribution in [0.4, 0.5) is 14.5 Å². The van der Waals surface area contributed by atoms with E-state index in [9.17, 15) is 18.4 Å². The van der Waals surface area contributed by atoms with Gasteiger partial charge in [0, 0.05) is 50.2 Å². The molecule has 0 atom stereocenters. The first kappa shape index (κ1) is 23.8. The molecule has 10 nitrogen and oxygen atoms in total. The van der Waals surface area contributed by atoms with Gasteiger partial charge in [0.25, 0.3) is 12.3 Å². The molecule has 3 aromatic heterocycles. The molecule has 12 heteroatoms. The lowest BCUT2D eigenvalue weighted by Crippen LogP contribution is -2.56. The smallest absolute Gasteiger partial charge is 0.284 e. The minimum absolute atomic E-state index is 0.0276. The Bertz CT molecular complexity index is 1240. The van der Waals surface area contributed by atoms with Gasteiger partial charge in [-0.25, -0.2) is 13.8 Å². The topological polar surface area (TPSA) is 112 Å². The van der Waals surface area contributed by atoms with E-state index >= 15 is 0 Å². The molecule has 0 aliphatic carbocycles. The van der Waals surface area contributed by atoms with E-state index in [4.69, 9.17) is 0 Å². The highest BCUT2D eigenvalue weighted by atomic mass is 19.3. The number of likely N-dealkylation sites (tertiary alicyclic amines) is 2. The van der Waals surface area contributed by atoms with Gasteiger partial charge in [0.15, 0.2) is 5.69 Å². The second kappa shape index (κ2) is 9.97. The Morgan fingerprint density at radius 1 is 1.19 bits per heavy atom. The van der Waals surface area contributed by atoms with Gasteiger partial charge in [-0.05, 0) is 31.1 Å². The van der Waals surface area contributed by atoms with Gasteiger partial charge in [-0.2, -0.15) is 10.2 Å². The number of rotatable bonds is 7. The molecular formula is C24H26F2N8O2. The van der Waals surface area contributed by atoms with Crippen molar-refractivity contribution in [3.05, 3.63) is 60.8 Å². The lowest BCUT2D eigenvalue weighted by molar-refractivity contribution is -0.128. The van der Waals surface area contributed by atoms with Gasteiger partial charge < -0.3 is 10.2 Å². The zero-order valence-electron chi connectivity index (χ0n) is 19.5. The molecule has 0 aromatic carbocycles. The third kappa shape index (κ3) is 4.76. The molecule has 0 spiro atoms. The summed E-state index contributed by atoms with van der Waals surface area (Å²) in [6.45, 7) is 6.24. The summed E-state index contributed by atoms with van der Waals surface area (Å²) in [7, 11) is 0. The van der Waals surface area contributed by atoms with Crippen LogP contribution >= 0.6 is 0 Å². The summed E-state index contributed by atoms with van der Waals surface area (Å²) in [5.74, 6) is -0.651. The number of H-pyrrole nitrogens is 1. The fourth-order valence-corrected chi connectivity index (χ4v) is 4.68. The molecule has 2 aliphatic rings. The molecule has 2 N–H and O–H groups in total. The minimum atomic E-state index is -2.84. The van der Waals surface area contributed by atoms with Crippen molar-refractivity contribution in [2.24, 2.45) is 0 Å². The van der Waals surface area contributed by atoms with Crippen LogP contribution in [0.5, 0.6) is 0 Å². The van der Waals surface area contributed by atoms with Crippen LogP contribution in [0.3, 0.4) is 0 Å². The van der Waals surface area contributed by atoms with E-state index < -0.39 is 18.0 Å². The van der Waals surface area contributed by atoms with Crippen molar-refractivity contribution in [2.75, 3.05) is 31.5 Å². The number of alkyl halides is 2. The van der Waals surface area contributed by atoms with Crippen LogP contribution in [-0.4, -0.2) is 78.8 Å². The van der Waals surface area contributed by atoms with E-state index in [0.29, 0.717) is 43.5 Å². The standard InChI is InChI=1S/C24H26F2N8O2/c1-2-21(35)32-8-6-16(7-9-32)33-12-17(13-33)34-14-20(22(31-34)23(25)26)30-24(36)19-5-3-4-18(29-19)15-10-27-28-11-15/h2-5,10-11,14,16-17,23H,1,6-9,12-13H2,(H,27,28)(H,30,36). The van der Waals surface area contributed by atoms with Crippen molar-refractivity contribution in [3.63, 3.8) is 0 Å². The first-order chi connectivity index (χ1) is 17.4. The zero-order valence-corrected chi connectivity index (χ0v) is 19.5. The monoisotopic (exact) mass is 496 g/mol. The van der Waals surface area contributed by atoms with Gasteiger partial charge in [0.05, 0.1) is 23.6 Å². The number of anilines is 1. The lowest BCUT2D eigenvalue weighted by atomic mass is 9.97. The molecular weight excluding hydrogens is 470 g/mol. The lowest BCUT2D eigenvalue weighted by Gasteiger charge is -2.47. The number of hydrogen-bond donors (Lipinski definition) is 2. The summed E-state index contributed by atoms with van der Waals surface area (Å²) < 4.78 is 29.0. The van der Waals surface area contributed by atoms with Crippen LogP contribution < -0.4 is 5.32 Å². The Balaban J connectivity index is 1.23. The predicted octanol–water partition coefficient (Wildman–Crippen LogP) is 2.89. The predicted molar refractivity (Wildman–Crippen MR) is 127 cm³/mol. The molecule has 0 saturated carbocycles. The first-order valence-electron chi connectivity index (χ1n) is 11.7. The van der Waals surface area contributed by atoms with Crippen molar-refractivity contribution in [1.29, 1.82) is 0 Å². The molecule has 3 aromatic rings. The molecule has 2 aliphatic heterocycles. The van der Waals surface area contributed by atoms with Gasteiger partial charge in [-0.1, -0.05) is 12.6 Å². The number of hydrogen-bond acceptors (Lipinski definition) is 6. The molecule has 5 rings (SSSR count). The number of nitrogens with one attached hydrogen (secondary N) is 2. The number of halogens is 2. The maximum Gasteiger partial charge on any atom is 0.284 e. The SMILES string of the molecule is C=CC(=O)N1CCC(N2CC(n3cc(NC(=O)c4cccc(-c5cn[nH]c5)n4)c(C(F)F)n3)C2)CC1. The summed E-state index contributed by atoms with van der Waals surface area (Å²) >= 11 is 0. The van der Waals surface area contributed by atoms with E-state index in [2.05, 4.69) is 37.1 Å². The average Bonchev–Trinajstić information content (AvgIpc) is 3.54. The molecule has 36 heavy (non-hydrogen) atoms. The van der Waals surface area contributed by atoms with Crippen molar-refractivity contribution in [3.8, 4) is 11.3 Å². The molecule has 0 unspecified atom stereocenters. The number of amides is 2. The third-order valence-electron chi connectivity index (χ3n) is 6.72. The van der Waals surface area contributed by atoms with Crippen molar-refractivity contribution in [2.45, 2.75) is 31.4 Å². The molecule has 0 bridgehead atoms. The van der Waals surface area contributed by atoms with Crippen LogP contribution in [0.2, 0.25) is 0 Å². The number of nitrogens with zero attached hydrogens (tertiary/aromatic N) is 6. The highest BCUT2D eigenvalue weighted by molar-refractivity contribution is 6.03. The summed E-state index contributed by atoms with van der Waals surface area (Å²) in [6.07, 6.45) is 4.91. The Labute approximate surface area is 206 Å². The fourth-order valence-electron chi connectivity index (χ4n) is 4.68. The van der Waals surface area contributed by atoms with E-state index in [1.54, 1.807) is 29.4 Å². The Hall–Kier alpha value is -3.93. The number of aromatic nitrogens is 5. The minimum Gasteiger partial charge on any atom is -0.339 e. The maximum absolute atomic E-state index is 13.7. The van der Waals surface area contributed by atoms with E-state index in [-0.39, 0.29) is 23.3 Å². The van der Waals surface area contributed by atoms with E-state index in [0.717, 1.165) is 12.8 Å². The number of carbonyl (C=O) groups is 2. The van der Waals surface area contributed by atoms with Crippen molar-refractivity contribution in [1.82, 2.24) is 34.8 Å². The molecule has 0 radical (unpaired) electrons. The highest BCUT2D eigenvalue weighted by Crippen LogP contribution is 2.32. The maximum atomic E-state index is 13.7. The van der Waals surface area contributed by atoms with Crippen LogP contribution in [0.25, 0.3) is 11.3 Å². The molecule has 2 amide bonds. The Kier molecular flexibility index (Phi) is 6.59. The summed E-state index contributed by atoms with van der Waals surface area (Å²) in [5, 5.41) is 13.2. The average molecular weight is 497 g/mol. The van der Waals surface area contributed by atoms with Crippen LogP contribution in [0.1, 0.15) is 41.5 Å². The van der Waals surface area contributed by atoms with Crippen LogP contribution in [0.15, 0.2) is 49.4 Å². The quantitative estimate of drug-likeness (QED) is 0.487. The number of pyridine rings is 1. The molecule has 2 saturated heterocycles. The second-order valence-corrected chi connectivity index (χ2v) is 8.93. The van der Waals surface area contributed by atoms with Crippen LogP contribution in [0, 0.1) is 0 Å². The van der Waals surface area contributed by atoms with E-state index in [1.165, 1.54) is 23.0 Å². The zero-order chi connectivity index (χ0) is 25.2. The number of piperidine rings is 1.